The standard InChI is InChI=1S/C12H21N3/c1-5-6-13-7-12-8-14-15(11(12)4)9-10(2)3/h8,13H,2,5-7,9H2,1,3-4H3. The first-order valence-electron chi connectivity index (χ1n) is 5.51. The summed E-state index contributed by atoms with van der Waals surface area (Å²) in [5, 5.41) is 7.73. The van der Waals surface area contributed by atoms with Gasteiger partial charge in [-0.15, -0.1) is 0 Å². The van der Waals surface area contributed by atoms with Crippen LogP contribution in [0.1, 0.15) is 31.5 Å². The molecule has 0 fully saturated rings. The topological polar surface area (TPSA) is 29.9 Å². The fourth-order valence-corrected chi connectivity index (χ4v) is 1.47. The second-order valence-electron chi connectivity index (χ2n) is 4.05. The first-order chi connectivity index (χ1) is 7.15. The van der Waals surface area contributed by atoms with Crippen LogP contribution in [0.3, 0.4) is 0 Å². The summed E-state index contributed by atoms with van der Waals surface area (Å²) in [5.41, 5.74) is 3.65. The van der Waals surface area contributed by atoms with E-state index in [1.807, 2.05) is 17.8 Å². The van der Waals surface area contributed by atoms with Crippen LogP contribution < -0.4 is 5.32 Å². The maximum atomic E-state index is 4.35. The Morgan fingerprint density at radius 3 is 2.93 bits per heavy atom. The zero-order chi connectivity index (χ0) is 11.3. The zero-order valence-corrected chi connectivity index (χ0v) is 10.0. The fourth-order valence-electron chi connectivity index (χ4n) is 1.47. The molecule has 0 aliphatic rings. The molecule has 0 saturated heterocycles. The first kappa shape index (κ1) is 12.0. The molecule has 0 radical (unpaired) electrons. The van der Waals surface area contributed by atoms with Crippen LogP contribution in [0.25, 0.3) is 0 Å². The minimum absolute atomic E-state index is 0.819. The molecule has 0 spiro atoms. The highest BCUT2D eigenvalue weighted by atomic mass is 15.3. The molecule has 0 unspecified atom stereocenters. The van der Waals surface area contributed by atoms with Gasteiger partial charge in [-0.3, -0.25) is 4.68 Å². The van der Waals surface area contributed by atoms with Gasteiger partial charge >= 0.3 is 0 Å². The molecular formula is C12H21N3. The molecular weight excluding hydrogens is 186 g/mol. The average molecular weight is 207 g/mol. The van der Waals surface area contributed by atoms with Crippen LogP contribution in [0.15, 0.2) is 18.3 Å². The second kappa shape index (κ2) is 5.71. The van der Waals surface area contributed by atoms with Crippen molar-refractivity contribution >= 4 is 0 Å². The second-order valence-corrected chi connectivity index (χ2v) is 4.05. The van der Waals surface area contributed by atoms with Crippen LogP contribution in [-0.2, 0) is 13.1 Å². The number of aromatic nitrogens is 2. The molecule has 0 aliphatic carbocycles. The largest absolute Gasteiger partial charge is 0.313 e. The summed E-state index contributed by atoms with van der Waals surface area (Å²) in [6.45, 7) is 13.0. The van der Waals surface area contributed by atoms with Crippen LogP contribution in [-0.4, -0.2) is 16.3 Å². The van der Waals surface area contributed by atoms with Gasteiger partial charge in [0.15, 0.2) is 0 Å². The minimum atomic E-state index is 0.819. The molecule has 0 saturated carbocycles. The predicted molar refractivity (Wildman–Crippen MR) is 63.8 cm³/mol. The van der Waals surface area contributed by atoms with Gasteiger partial charge in [0.1, 0.15) is 0 Å². The summed E-state index contributed by atoms with van der Waals surface area (Å²) in [6, 6.07) is 0. The van der Waals surface area contributed by atoms with Gasteiger partial charge in [0.2, 0.25) is 0 Å². The van der Waals surface area contributed by atoms with E-state index in [0.29, 0.717) is 0 Å². The van der Waals surface area contributed by atoms with Crippen molar-refractivity contribution in [2.45, 2.75) is 40.3 Å². The lowest BCUT2D eigenvalue weighted by molar-refractivity contribution is 0.646. The van der Waals surface area contributed by atoms with E-state index in [2.05, 4.69) is 30.8 Å². The van der Waals surface area contributed by atoms with Crippen molar-refractivity contribution in [3.05, 3.63) is 29.6 Å². The highest BCUT2D eigenvalue weighted by Crippen LogP contribution is 2.08. The fraction of sp³-hybridized carbons (Fsp3) is 0.583. The van der Waals surface area contributed by atoms with Crippen LogP contribution in [0.4, 0.5) is 0 Å². The van der Waals surface area contributed by atoms with Gasteiger partial charge < -0.3 is 5.32 Å². The lowest BCUT2D eigenvalue weighted by Gasteiger charge is -2.05. The van der Waals surface area contributed by atoms with Crippen LogP contribution in [0, 0.1) is 6.92 Å². The predicted octanol–water partition coefficient (Wildman–Crippen LogP) is 2.27. The van der Waals surface area contributed by atoms with Gasteiger partial charge in [-0.1, -0.05) is 19.1 Å². The Bertz CT molecular complexity index is 326. The van der Waals surface area contributed by atoms with E-state index in [4.69, 9.17) is 0 Å². The average Bonchev–Trinajstić information content (AvgIpc) is 2.49. The Morgan fingerprint density at radius 1 is 1.60 bits per heavy atom. The number of nitrogens with zero attached hydrogens (tertiary/aromatic N) is 2. The van der Waals surface area contributed by atoms with Crippen molar-refractivity contribution in [1.29, 1.82) is 0 Å². The maximum absolute atomic E-state index is 4.35. The Labute approximate surface area is 92.2 Å². The van der Waals surface area contributed by atoms with E-state index in [0.717, 1.165) is 25.2 Å². The molecule has 0 aliphatic heterocycles. The third-order valence-corrected chi connectivity index (χ3v) is 2.37. The van der Waals surface area contributed by atoms with Gasteiger partial charge in [-0.25, -0.2) is 0 Å². The molecule has 0 atom stereocenters. The molecule has 1 aromatic rings. The summed E-state index contributed by atoms with van der Waals surface area (Å²) >= 11 is 0. The summed E-state index contributed by atoms with van der Waals surface area (Å²) in [7, 11) is 0. The summed E-state index contributed by atoms with van der Waals surface area (Å²) in [6.07, 6.45) is 3.11. The number of hydrogen-bond acceptors (Lipinski definition) is 2. The zero-order valence-electron chi connectivity index (χ0n) is 10.0. The van der Waals surface area contributed by atoms with Gasteiger partial charge in [0.25, 0.3) is 0 Å². The van der Waals surface area contributed by atoms with Crippen molar-refractivity contribution < 1.29 is 0 Å². The van der Waals surface area contributed by atoms with E-state index < -0.39 is 0 Å². The Balaban J connectivity index is 2.58. The monoisotopic (exact) mass is 207 g/mol. The summed E-state index contributed by atoms with van der Waals surface area (Å²) in [5.74, 6) is 0. The van der Waals surface area contributed by atoms with E-state index >= 15 is 0 Å². The molecule has 84 valence electrons. The Kier molecular flexibility index (Phi) is 4.56. The molecule has 15 heavy (non-hydrogen) atoms. The SMILES string of the molecule is C=C(C)Cn1ncc(CNCCC)c1C. The maximum Gasteiger partial charge on any atom is 0.0617 e. The Morgan fingerprint density at radius 2 is 2.33 bits per heavy atom. The molecule has 0 aromatic carbocycles. The van der Waals surface area contributed by atoms with Gasteiger partial charge in [-0.2, -0.15) is 5.10 Å². The first-order valence-corrected chi connectivity index (χ1v) is 5.51. The van der Waals surface area contributed by atoms with Crippen LogP contribution in [0.5, 0.6) is 0 Å². The van der Waals surface area contributed by atoms with Gasteiger partial charge in [0.05, 0.1) is 12.7 Å². The highest BCUT2D eigenvalue weighted by Gasteiger charge is 2.05. The molecule has 1 heterocycles. The minimum Gasteiger partial charge on any atom is -0.313 e. The van der Waals surface area contributed by atoms with Crippen molar-refractivity contribution in [2.75, 3.05) is 6.54 Å². The van der Waals surface area contributed by atoms with E-state index in [1.165, 1.54) is 17.7 Å². The quantitative estimate of drug-likeness (QED) is 0.573. The third kappa shape index (κ3) is 3.51. The van der Waals surface area contributed by atoms with Crippen molar-refractivity contribution in [2.24, 2.45) is 0 Å². The van der Waals surface area contributed by atoms with Gasteiger partial charge in [0, 0.05) is 17.8 Å². The number of hydrogen-bond donors (Lipinski definition) is 1. The lowest BCUT2D eigenvalue weighted by Crippen LogP contribution is -2.14. The normalized spacial score (nSPS) is 10.6. The van der Waals surface area contributed by atoms with E-state index in [-0.39, 0.29) is 0 Å². The molecule has 0 amide bonds. The summed E-state index contributed by atoms with van der Waals surface area (Å²) < 4.78 is 2.01. The molecule has 3 nitrogen and oxygen atoms in total. The van der Waals surface area contributed by atoms with Crippen LogP contribution in [0.2, 0.25) is 0 Å². The molecule has 1 N–H and O–H groups in total. The number of rotatable bonds is 6. The summed E-state index contributed by atoms with van der Waals surface area (Å²) in [4.78, 5) is 0. The Hall–Kier alpha value is -1.09. The van der Waals surface area contributed by atoms with Crippen molar-refractivity contribution in [1.82, 2.24) is 15.1 Å². The van der Waals surface area contributed by atoms with E-state index in [9.17, 15) is 0 Å². The highest BCUT2D eigenvalue weighted by molar-refractivity contribution is 5.16. The smallest absolute Gasteiger partial charge is 0.0617 e. The molecule has 3 heteroatoms. The number of nitrogens with one attached hydrogen (secondary N) is 1. The third-order valence-electron chi connectivity index (χ3n) is 2.37. The van der Waals surface area contributed by atoms with Crippen molar-refractivity contribution in [3.8, 4) is 0 Å². The van der Waals surface area contributed by atoms with E-state index in [1.54, 1.807) is 0 Å². The van der Waals surface area contributed by atoms with Crippen molar-refractivity contribution in [3.63, 3.8) is 0 Å². The number of allylic oxidation sites excluding steroid dienone is 1. The lowest BCUT2D eigenvalue weighted by atomic mass is 10.2. The molecule has 1 aromatic heterocycles. The molecule has 1 rings (SSSR count). The van der Waals surface area contributed by atoms with Crippen LogP contribution >= 0.6 is 0 Å². The van der Waals surface area contributed by atoms with Gasteiger partial charge in [-0.05, 0) is 26.8 Å². The molecule has 0 bridgehead atoms.